The lowest BCUT2D eigenvalue weighted by atomic mass is 9.76. The van der Waals surface area contributed by atoms with Crippen molar-refractivity contribution in [2.45, 2.75) is 44.4 Å². The first-order valence-electron chi connectivity index (χ1n) is 11.1. The molecule has 0 aliphatic heterocycles. The van der Waals surface area contributed by atoms with Gasteiger partial charge in [0.25, 0.3) is 0 Å². The summed E-state index contributed by atoms with van der Waals surface area (Å²) in [5.74, 6) is -1.53. The summed E-state index contributed by atoms with van der Waals surface area (Å²) in [6.45, 7) is 5.78. The van der Waals surface area contributed by atoms with Crippen LogP contribution in [0.2, 0.25) is 0 Å². The van der Waals surface area contributed by atoms with E-state index < -0.39 is 11.6 Å². The lowest BCUT2D eigenvalue weighted by Crippen LogP contribution is -2.14. The SMILES string of the molecule is C=CCOc1ccc(C2CCC(c3ccc(-c4ccc(C)cc4)c(F)c3F)CC2)cc1F. The zero-order valence-corrected chi connectivity index (χ0v) is 18.2. The molecule has 0 radical (unpaired) electrons. The van der Waals surface area contributed by atoms with Crippen LogP contribution >= 0.6 is 0 Å². The largest absolute Gasteiger partial charge is 0.486 e. The quantitative estimate of drug-likeness (QED) is 0.355. The van der Waals surface area contributed by atoms with E-state index in [1.54, 1.807) is 24.3 Å². The van der Waals surface area contributed by atoms with E-state index in [1.807, 2.05) is 37.3 Å². The molecule has 0 aromatic heterocycles. The number of benzene rings is 3. The Labute approximate surface area is 187 Å². The molecule has 1 nitrogen and oxygen atoms in total. The van der Waals surface area contributed by atoms with E-state index in [0.717, 1.165) is 36.8 Å². The normalized spacial score (nSPS) is 18.4. The van der Waals surface area contributed by atoms with Gasteiger partial charge in [0.05, 0.1) is 0 Å². The van der Waals surface area contributed by atoms with Crippen molar-refractivity contribution < 1.29 is 17.9 Å². The Morgan fingerprint density at radius 1 is 0.875 bits per heavy atom. The van der Waals surface area contributed by atoms with Crippen LogP contribution in [-0.2, 0) is 0 Å². The summed E-state index contributed by atoms with van der Waals surface area (Å²) >= 11 is 0. The second kappa shape index (κ2) is 9.64. The minimum Gasteiger partial charge on any atom is -0.486 e. The molecular formula is C28H27F3O. The summed E-state index contributed by atoms with van der Waals surface area (Å²) < 4.78 is 49.5. The van der Waals surface area contributed by atoms with Gasteiger partial charge in [-0.1, -0.05) is 60.7 Å². The molecule has 1 fully saturated rings. The molecule has 0 spiro atoms. The lowest BCUT2D eigenvalue weighted by Gasteiger charge is -2.29. The number of halogens is 3. The van der Waals surface area contributed by atoms with Crippen molar-refractivity contribution in [1.82, 2.24) is 0 Å². The van der Waals surface area contributed by atoms with Crippen LogP contribution in [-0.4, -0.2) is 6.61 Å². The molecule has 1 aliphatic carbocycles. The van der Waals surface area contributed by atoms with Gasteiger partial charge in [0.1, 0.15) is 6.61 Å². The molecule has 166 valence electrons. The maximum atomic E-state index is 15.0. The van der Waals surface area contributed by atoms with Crippen molar-refractivity contribution in [1.29, 1.82) is 0 Å². The Kier molecular flexibility index (Phi) is 6.69. The van der Waals surface area contributed by atoms with Crippen LogP contribution in [0.5, 0.6) is 5.75 Å². The molecule has 0 amide bonds. The van der Waals surface area contributed by atoms with E-state index in [9.17, 15) is 13.2 Å². The van der Waals surface area contributed by atoms with Crippen molar-refractivity contribution in [3.8, 4) is 16.9 Å². The van der Waals surface area contributed by atoms with Crippen LogP contribution in [0.3, 0.4) is 0 Å². The zero-order chi connectivity index (χ0) is 22.7. The Morgan fingerprint density at radius 2 is 1.56 bits per heavy atom. The monoisotopic (exact) mass is 436 g/mol. The maximum absolute atomic E-state index is 15.0. The van der Waals surface area contributed by atoms with Crippen molar-refractivity contribution in [2.24, 2.45) is 0 Å². The van der Waals surface area contributed by atoms with Crippen LogP contribution in [0.15, 0.2) is 67.3 Å². The number of hydrogen-bond acceptors (Lipinski definition) is 1. The smallest absolute Gasteiger partial charge is 0.166 e. The van der Waals surface area contributed by atoms with E-state index >= 15 is 0 Å². The van der Waals surface area contributed by atoms with E-state index in [4.69, 9.17) is 4.74 Å². The van der Waals surface area contributed by atoms with Crippen LogP contribution < -0.4 is 4.74 Å². The summed E-state index contributed by atoms with van der Waals surface area (Å²) in [5, 5.41) is 0. The Hall–Kier alpha value is -3.01. The molecule has 1 aliphatic rings. The molecule has 1 saturated carbocycles. The molecular weight excluding hydrogens is 409 g/mol. The Balaban J connectivity index is 1.46. The third-order valence-electron chi connectivity index (χ3n) is 6.43. The lowest BCUT2D eigenvalue weighted by molar-refractivity contribution is 0.340. The molecule has 3 aromatic rings. The highest BCUT2D eigenvalue weighted by atomic mass is 19.2. The summed E-state index contributed by atoms with van der Waals surface area (Å²) in [6.07, 6.45) is 4.65. The number of rotatable bonds is 6. The van der Waals surface area contributed by atoms with E-state index in [2.05, 4.69) is 6.58 Å². The van der Waals surface area contributed by atoms with Crippen molar-refractivity contribution in [3.05, 3.63) is 101 Å². The van der Waals surface area contributed by atoms with Crippen molar-refractivity contribution in [3.63, 3.8) is 0 Å². The predicted octanol–water partition coefficient (Wildman–Crippen LogP) is 8.09. The van der Waals surface area contributed by atoms with Gasteiger partial charge in [-0.15, -0.1) is 0 Å². The van der Waals surface area contributed by atoms with E-state index in [1.165, 1.54) is 6.07 Å². The van der Waals surface area contributed by atoms with Gasteiger partial charge in [-0.05, 0) is 73.3 Å². The molecule has 0 saturated heterocycles. The average Bonchev–Trinajstić information content (AvgIpc) is 2.81. The molecule has 0 atom stereocenters. The van der Waals surface area contributed by atoms with E-state index in [0.29, 0.717) is 11.1 Å². The summed E-state index contributed by atoms with van der Waals surface area (Å²) in [5.41, 5.74) is 3.39. The van der Waals surface area contributed by atoms with Gasteiger partial charge in [0.15, 0.2) is 23.2 Å². The third-order valence-corrected chi connectivity index (χ3v) is 6.43. The fourth-order valence-electron chi connectivity index (χ4n) is 4.61. The predicted molar refractivity (Wildman–Crippen MR) is 123 cm³/mol. The standard InChI is InChI=1S/C28H27F3O/c1-3-16-32-26-15-12-22(17-25(26)29)19-8-10-21(11-9-19)24-14-13-23(27(30)28(24)31)20-6-4-18(2)5-7-20/h3-7,12-15,17,19,21H,1,8-11,16H2,2H3. The second-order valence-corrected chi connectivity index (χ2v) is 8.53. The highest BCUT2D eigenvalue weighted by molar-refractivity contribution is 5.65. The van der Waals surface area contributed by atoms with Crippen LogP contribution in [0.25, 0.3) is 11.1 Å². The molecule has 0 unspecified atom stereocenters. The van der Waals surface area contributed by atoms with E-state index in [-0.39, 0.29) is 35.6 Å². The summed E-state index contributed by atoms with van der Waals surface area (Å²) in [4.78, 5) is 0. The van der Waals surface area contributed by atoms with Gasteiger partial charge in [0.2, 0.25) is 0 Å². The molecule has 4 heteroatoms. The maximum Gasteiger partial charge on any atom is 0.166 e. The zero-order valence-electron chi connectivity index (χ0n) is 18.2. The first-order chi connectivity index (χ1) is 15.5. The summed E-state index contributed by atoms with van der Waals surface area (Å²) in [6, 6.07) is 15.9. The number of ether oxygens (including phenoxy) is 1. The van der Waals surface area contributed by atoms with Crippen LogP contribution in [0.4, 0.5) is 13.2 Å². The molecule has 0 N–H and O–H groups in total. The van der Waals surface area contributed by atoms with Gasteiger partial charge in [0, 0.05) is 5.56 Å². The van der Waals surface area contributed by atoms with Crippen molar-refractivity contribution in [2.75, 3.05) is 6.61 Å². The topological polar surface area (TPSA) is 9.23 Å². The highest BCUT2D eigenvalue weighted by Crippen LogP contribution is 2.42. The van der Waals surface area contributed by atoms with Crippen LogP contribution in [0.1, 0.15) is 54.2 Å². The molecule has 4 rings (SSSR count). The minimum atomic E-state index is -0.786. The van der Waals surface area contributed by atoms with Gasteiger partial charge in [-0.3, -0.25) is 0 Å². The minimum absolute atomic E-state index is 0.0344. The first-order valence-corrected chi connectivity index (χ1v) is 11.1. The fourth-order valence-corrected chi connectivity index (χ4v) is 4.61. The number of hydrogen-bond donors (Lipinski definition) is 0. The van der Waals surface area contributed by atoms with Gasteiger partial charge < -0.3 is 4.74 Å². The van der Waals surface area contributed by atoms with Crippen molar-refractivity contribution >= 4 is 0 Å². The average molecular weight is 437 g/mol. The van der Waals surface area contributed by atoms with Crippen LogP contribution in [0, 0.1) is 24.4 Å². The first kappa shape index (κ1) is 22.2. The molecule has 32 heavy (non-hydrogen) atoms. The second-order valence-electron chi connectivity index (χ2n) is 8.53. The molecule has 0 bridgehead atoms. The molecule has 3 aromatic carbocycles. The number of aryl methyl sites for hydroxylation is 1. The third kappa shape index (κ3) is 4.59. The van der Waals surface area contributed by atoms with Gasteiger partial charge in [-0.25, -0.2) is 13.2 Å². The molecule has 0 heterocycles. The Bertz CT molecular complexity index is 1100. The fraction of sp³-hybridized carbons (Fsp3) is 0.286. The van der Waals surface area contributed by atoms with Gasteiger partial charge >= 0.3 is 0 Å². The summed E-state index contributed by atoms with van der Waals surface area (Å²) in [7, 11) is 0. The Morgan fingerprint density at radius 3 is 2.22 bits per heavy atom. The highest BCUT2D eigenvalue weighted by Gasteiger charge is 2.27. The van der Waals surface area contributed by atoms with Gasteiger partial charge in [-0.2, -0.15) is 0 Å².